The van der Waals surface area contributed by atoms with Crippen LogP contribution in [0.4, 0.5) is 4.39 Å². The van der Waals surface area contributed by atoms with Crippen LogP contribution in [0.1, 0.15) is 50.2 Å². The minimum absolute atomic E-state index is 0.0183. The summed E-state index contributed by atoms with van der Waals surface area (Å²) in [5.74, 6) is -0.565. The minimum atomic E-state index is -0.572. The van der Waals surface area contributed by atoms with Crippen molar-refractivity contribution >= 4 is 23.4 Å². The number of rotatable bonds is 7. The van der Waals surface area contributed by atoms with Crippen LogP contribution in [0, 0.1) is 5.82 Å². The molecule has 1 aliphatic carbocycles. The zero-order valence-corrected chi connectivity index (χ0v) is 20.6. The normalized spacial score (nSPS) is 17.6. The van der Waals surface area contributed by atoms with E-state index in [1.807, 2.05) is 19.1 Å². The lowest BCUT2D eigenvalue weighted by Crippen LogP contribution is -2.34. The van der Waals surface area contributed by atoms with Crippen LogP contribution >= 0.6 is 11.6 Å². The van der Waals surface area contributed by atoms with Crippen molar-refractivity contribution < 1.29 is 28.2 Å². The predicted octanol–water partition coefficient (Wildman–Crippen LogP) is 5.60. The summed E-state index contributed by atoms with van der Waals surface area (Å²) in [5.41, 5.74) is 3.98. The number of methoxy groups -OCH3 is 1. The van der Waals surface area contributed by atoms with E-state index in [-0.39, 0.29) is 24.0 Å². The van der Waals surface area contributed by atoms with Gasteiger partial charge in [0.25, 0.3) is 0 Å². The molecule has 6 nitrogen and oxygen atoms in total. The van der Waals surface area contributed by atoms with E-state index in [4.69, 9.17) is 25.8 Å². The van der Waals surface area contributed by atoms with Crippen LogP contribution in [0.2, 0.25) is 5.02 Å². The Morgan fingerprint density at radius 1 is 1.17 bits per heavy atom. The van der Waals surface area contributed by atoms with E-state index in [1.165, 1.54) is 18.2 Å². The Balaban J connectivity index is 1.76. The first-order valence-corrected chi connectivity index (χ1v) is 11.9. The predicted molar refractivity (Wildman–Crippen MR) is 130 cm³/mol. The average molecular weight is 500 g/mol. The second kappa shape index (κ2) is 10.5. The number of carbonyl (C=O) groups excluding carboxylic acids is 2. The summed E-state index contributed by atoms with van der Waals surface area (Å²) in [5, 5.41) is 3.43. The second-order valence-electron chi connectivity index (χ2n) is 8.42. The minimum Gasteiger partial charge on any atom is -0.496 e. The molecule has 0 amide bonds. The molecule has 1 heterocycles. The van der Waals surface area contributed by atoms with Crippen LogP contribution in [0.25, 0.3) is 0 Å². The summed E-state index contributed by atoms with van der Waals surface area (Å²) in [7, 11) is 1.55. The van der Waals surface area contributed by atoms with Gasteiger partial charge >= 0.3 is 5.97 Å². The number of esters is 1. The summed E-state index contributed by atoms with van der Waals surface area (Å²) >= 11 is 6.11. The number of halogens is 2. The van der Waals surface area contributed by atoms with Gasteiger partial charge in [0, 0.05) is 34.9 Å². The Bertz CT molecular complexity index is 1240. The number of Topliss-reactive ketones (excluding diaryl/α,β-unsaturated/α-hetero) is 1. The van der Waals surface area contributed by atoms with E-state index in [1.54, 1.807) is 20.1 Å². The van der Waals surface area contributed by atoms with Crippen LogP contribution in [0.5, 0.6) is 11.5 Å². The molecule has 184 valence electrons. The maximum atomic E-state index is 13.4. The maximum Gasteiger partial charge on any atom is 0.336 e. The topological polar surface area (TPSA) is 73.9 Å². The van der Waals surface area contributed by atoms with Gasteiger partial charge in [0.2, 0.25) is 0 Å². The van der Waals surface area contributed by atoms with E-state index in [2.05, 4.69) is 5.32 Å². The average Bonchev–Trinajstić information content (AvgIpc) is 2.82. The SMILES string of the molecule is CCOC(=O)C1=C(C)NC2=C(C(=O)CCC2)C1c1ccc(OC)c(COc2ccc(F)cc2Cl)c1. The fourth-order valence-corrected chi connectivity index (χ4v) is 4.86. The molecule has 2 aromatic carbocycles. The Morgan fingerprint density at radius 3 is 2.66 bits per heavy atom. The second-order valence-corrected chi connectivity index (χ2v) is 8.83. The molecule has 1 aliphatic heterocycles. The smallest absolute Gasteiger partial charge is 0.336 e. The third-order valence-corrected chi connectivity index (χ3v) is 6.48. The summed E-state index contributed by atoms with van der Waals surface area (Å²) in [6.07, 6.45) is 1.93. The Morgan fingerprint density at radius 2 is 1.94 bits per heavy atom. The first-order chi connectivity index (χ1) is 16.8. The lowest BCUT2D eigenvalue weighted by molar-refractivity contribution is -0.138. The highest BCUT2D eigenvalue weighted by molar-refractivity contribution is 6.32. The first-order valence-electron chi connectivity index (χ1n) is 11.5. The molecule has 0 spiro atoms. The van der Waals surface area contributed by atoms with Crippen LogP contribution in [0.15, 0.2) is 58.9 Å². The number of nitrogens with one attached hydrogen (secondary N) is 1. The molecule has 35 heavy (non-hydrogen) atoms. The number of benzene rings is 2. The van der Waals surface area contributed by atoms with Crippen LogP contribution in [-0.2, 0) is 20.9 Å². The number of carbonyl (C=O) groups is 2. The molecule has 0 fully saturated rings. The third kappa shape index (κ3) is 5.05. The molecule has 8 heteroatoms. The number of dihydropyridines is 1. The van der Waals surface area contributed by atoms with Crippen LogP contribution in [-0.4, -0.2) is 25.5 Å². The van der Waals surface area contributed by atoms with E-state index in [9.17, 15) is 14.0 Å². The van der Waals surface area contributed by atoms with Gasteiger partial charge in [-0.05, 0) is 62.6 Å². The van der Waals surface area contributed by atoms with E-state index >= 15 is 0 Å². The molecular weight excluding hydrogens is 473 g/mol. The largest absolute Gasteiger partial charge is 0.496 e. The van der Waals surface area contributed by atoms with Gasteiger partial charge in [-0.2, -0.15) is 0 Å². The molecule has 0 saturated heterocycles. The van der Waals surface area contributed by atoms with E-state index < -0.39 is 17.7 Å². The number of allylic oxidation sites excluding steroid dienone is 3. The standard InChI is InChI=1S/C27H27ClFNO5/c1-4-34-27(32)24-15(2)30-20-6-5-7-21(31)26(20)25(24)16-8-10-22(33-3)17(12-16)14-35-23-11-9-18(29)13-19(23)28/h8-13,25,30H,4-7,14H2,1-3H3. The fraction of sp³-hybridized carbons (Fsp3) is 0.333. The molecule has 0 saturated carbocycles. The monoisotopic (exact) mass is 499 g/mol. The highest BCUT2D eigenvalue weighted by atomic mass is 35.5. The Labute approximate surface area is 208 Å². The van der Waals surface area contributed by atoms with Crippen molar-refractivity contribution in [2.24, 2.45) is 0 Å². The maximum absolute atomic E-state index is 13.4. The lowest BCUT2D eigenvalue weighted by atomic mass is 9.75. The van der Waals surface area contributed by atoms with Gasteiger partial charge in [0.1, 0.15) is 23.9 Å². The summed E-state index contributed by atoms with van der Waals surface area (Å²) in [6, 6.07) is 9.41. The highest BCUT2D eigenvalue weighted by Gasteiger charge is 2.39. The number of hydrogen-bond acceptors (Lipinski definition) is 6. The lowest BCUT2D eigenvalue weighted by Gasteiger charge is -2.34. The zero-order valence-electron chi connectivity index (χ0n) is 19.9. The fourth-order valence-electron chi connectivity index (χ4n) is 4.63. The van der Waals surface area contributed by atoms with E-state index in [0.29, 0.717) is 40.3 Å². The summed E-state index contributed by atoms with van der Waals surface area (Å²) < 4.78 is 30.1. The molecule has 0 aromatic heterocycles. The van der Waals surface area contributed by atoms with Crippen molar-refractivity contribution in [2.45, 2.75) is 45.6 Å². The van der Waals surface area contributed by atoms with Crippen molar-refractivity contribution in [3.8, 4) is 11.5 Å². The summed E-state index contributed by atoms with van der Waals surface area (Å²) in [6.45, 7) is 3.89. The quantitative estimate of drug-likeness (QED) is 0.500. The molecule has 1 atom stereocenters. The van der Waals surface area contributed by atoms with Gasteiger partial charge < -0.3 is 19.5 Å². The number of hydrogen-bond donors (Lipinski definition) is 1. The van der Waals surface area contributed by atoms with Gasteiger partial charge in [-0.3, -0.25) is 4.79 Å². The molecule has 2 aromatic rings. The van der Waals surface area contributed by atoms with Crippen molar-refractivity contribution in [1.29, 1.82) is 0 Å². The Hall–Kier alpha value is -3.32. The Kier molecular flexibility index (Phi) is 7.45. The molecule has 1 N–H and O–H groups in total. The van der Waals surface area contributed by atoms with Crippen molar-refractivity contribution in [3.05, 3.63) is 80.9 Å². The third-order valence-electron chi connectivity index (χ3n) is 6.19. The van der Waals surface area contributed by atoms with Gasteiger partial charge in [-0.15, -0.1) is 0 Å². The summed E-state index contributed by atoms with van der Waals surface area (Å²) in [4.78, 5) is 26.1. The number of ketones is 1. The van der Waals surface area contributed by atoms with Gasteiger partial charge in [-0.25, -0.2) is 9.18 Å². The molecule has 1 unspecified atom stereocenters. The molecule has 0 radical (unpaired) electrons. The molecule has 0 bridgehead atoms. The zero-order chi connectivity index (χ0) is 25.1. The van der Waals surface area contributed by atoms with Crippen molar-refractivity contribution in [2.75, 3.05) is 13.7 Å². The molecular formula is C27H27ClFNO5. The van der Waals surface area contributed by atoms with Gasteiger partial charge in [0.15, 0.2) is 5.78 Å². The molecule has 4 rings (SSSR count). The van der Waals surface area contributed by atoms with Gasteiger partial charge in [0.05, 0.1) is 24.3 Å². The van der Waals surface area contributed by atoms with Crippen molar-refractivity contribution in [1.82, 2.24) is 5.32 Å². The number of ether oxygens (including phenoxy) is 3. The van der Waals surface area contributed by atoms with Gasteiger partial charge in [-0.1, -0.05) is 17.7 Å². The highest BCUT2D eigenvalue weighted by Crippen LogP contribution is 2.43. The van der Waals surface area contributed by atoms with Crippen LogP contribution in [0.3, 0.4) is 0 Å². The van der Waals surface area contributed by atoms with Crippen LogP contribution < -0.4 is 14.8 Å². The van der Waals surface area contributed by atoms with Crippen molar-refractivity contribution in [3.63, 3.8) is 0 Å². The van der Waals surface area contributed by atoms with E-state index in [0.717, 1.165) is 24.1 Å². The first kappa shape index (κ1) is 24.8. The molecule has 2 aliphatic rings.